The highest BCUT2D eigenvalue weighted by Gasteiger charge is 2.27. The number of ether oxygens (including phenoxy) is 1. The van der Waals surface area contributed by atoms with Gasteiger partial charge in [-0.1, -0.05) is 13.8 Å². The molecule has 0 radical (unpaired) electrons. The Morgan fingerprint density at radius 3 is 2.85 bits per heavy atom. The smallest absolute Gasteiger partial charge is 0.0733 e. The van der Waals surface area contributed by atoms with Gasteiger partial charge in [-0.3, -0.25) is 4.21 Å². The highest BCUT2D eigenvalue weighted by molar-refractivity contribution is 7.85. The van der Waals surface area contributed by atoms with Crippen LogP contribution in [0.5, 0.6) is 0 Å². The van der Waals surface area contributed by atoms with Crippen LogP contribution in [0.4, 0.5) is 0 Å². The normalized spacial score (nSPS) is 32.0. The van der Waals surface area contributed by atoms with E-state index < -0.39 is 10.8 Å². The zero-order chi connectivity index (χ0) is 9.84. The molecule has 3 atom stereocenters. The van der Waals surface area contributed by atoms with Gasteiger partial charge in [-0.05, 0) is 12.3 Å². The van der Waals surface area contributed by atoms with Gasteiger partial charge in [0.2, 0.25) is 0 Å². The van der Waals surface area contributed by atoms with Gasteiger partial charge in [-0.15, -0.1) is 0 Å². The van der Waals surface area contributed by atoms with Crippen molar-refractivity contribution >= 4 is 10.8 Å². The van der Waals surface area contributed by atoms with Crippen molar-refractivity contribution in [2.45, 2.75) is 31.6 Å². The van der Waals surface area contributed by atoms with Gasteiger partial charge in [-0.2, -0.15) is 0 Å². The molecule has 0 amide bonds. The van der Waals surface area contributed by atoms with Gasteiger partial charge in [0.25, 0.3) is 0 Å². The van der Waals surface area contributed by atoms with Gasteiger partial charge in [0.1, 0.15) is 0 Å². The Bertz CT molecular complexity index is 184. The van der Waals surface area contributed by atoms with Crippen LogP contribution in [0.3, 0.4) is 0 Å². The predicted octanol–water partition coefficient (Wildman–Crippen LogP) is 0.507. The molecule has 1 heterocycles. The second-order valence-electron chi connectivity index (χ2n) is 4.01. The Hall–Kier alpha value is 0.0700. The van der Waals surface area contributed by atoms with Crippen LogP contribution >= 0.6 is 0 Å². The summed E-state index contributed by atoms with van der Waals surface area (Å²) in [6.07, 6.45) is 0.842. The lowest BCUT2D eigenvalue weighted by Crippen LogP contribution is -2.46. The largest absolute Gasteiger partial charge is 0.380 e. The first-order chi connectivity index (χ1) is 6.11. The van der Waals surface area contributed by atoms with E-state index in [-0.39, 0.29) is 11.3 Å². The summed E-state index contributed by atoms with van der Waals surface area (Å²) in [5, 5.41) is 0.0520. The first-order valence-corrected chi connectivity index (χ1v) is 6.20. The minimum Gasteiger partial charge on any atom is -0.380 e. The molecule has 0 spiro atoms. The summed E-state index contributed by atoms with van der Waals surface area (Å²) >= 11 is 0. The maximum Gasteiger partial charge on any atom is 0.0733 e. The summed E-state index contributed by atoms with van der Waals surface area (Å²) < 4.78 is 17.1. The van der Waals surface area contributed by atoms with Gasteiger partial charge < -0.3 is 10.5 Å². The number of hydrogen-bond donors (Lipinski definition) is 1. The average Bonchev–Trinajstić information content (AvgIpc) is 2.03. The van der Waals surface area contributed by atoms with Gasteiger partial charge in [0.05, 0.1) is 11.9 Å². The lowest BCUT2D eigenvalue weighted by molar-refractivity contribution is 0.0903. The highest BCUT2D eigenvalue weighted by atomic mass is 32.2. The molecule has 2 N–H and O–H groups in total. The topological polar surface area (TPSA) is 52.3 Å². The number of hydrogen-bond acceptors (Lipinski definition) is 3. The van der Waals surface area contributed by atoms with Crippen molar-refractivity contribution in [3.63, 3.8) is 0 Å². The molecule has 0 bridgehead atoms. The molecule has 1 rings (SSSR count). The predicted molar refractivity (Wildman–Crippen MR) is 55.0 cm³/mol. The van der Waals surface area contributed by atoms with E-state index in [1.54, 1.807) is 0 Å². The lowest BCUT2D eigenvalue weighted by Gasteiger charge is -2.28. The molecule has 1 fully saturated rings. The van der Waals surface area contributed by atoms with Crippen LogP contribution in [-0.2, 0) is 15.5 Å². The molecule has 0 aromatic carbocycles. The van der Waals surface area contributed by atoms with E-state index in [1.165, 1.54) is 0 Å². The maximum atomic E-state index is 11.8. The van der Waals surface area contributed by atoms with Gasteiger partial charge in [0.15, 0.2) is 0 Å². The maximum absolute atomic E-state index is 11.8. The van der Waals surface area contributed by atoms with E-state index in [0.717, 1.165) is 18.8 Å². The van der Waals surface area contributed by atoms with Crippen molar-refractivity contribution in [2.24, 2.45) is 11.7 Å². The van der Waals surface area contributed by atoms with Crippen LogP contribution in [0.2, 0.25) is 0 Å². The standard InChI is InChI=1S/C9H19NO2S/c1-7(2)6-13(11)9-5-12-4-3-8(9)10/h7-9H,3-6,10H2,1-2H3. The van der Waals surface area contributed by atoms with E-state index >= 15 is 0 Å². The van der Waals surface area contributed by atoms with Crippen molar-refractivity contribution in [2.75, 3.05) is 19.0 Å². The second-order valence-corrected chi connectivity index (χ2v) is 5.71. The SMILES string of the molecule is CC(C)CS(=O)C1COCCC1N. The Labute approximate surface area is 82.5 Å². The molecule has 13 heavy (non-hydrogen) atoms. The zero-order valence-corrected chi connectivity index (χ0v) is 9.18. The molecule has 1 aliphatic rings. The third-order valence-corrected chi connectivity index (χ3v) is 4.35. The third-order valence-electron chi connectivity index (χ3n) is 2.19. The Morgan fingerprint density at radius 1 is 1.62 bits per heavy atom. The number of rotatable bonds is 3. The molecular formula is C9H19NO2S. The molecule has 1 saturated heterocycles. The minimum absolute atomic E-state index is 0.0520. The van der Waals surface area contributed by atoms with E-state index in [0.29, 0.717) is 12.5 Å². The molecule has 78 valence electrons. The van der Waals surface area contributed by atoms with Crippen LogP contribution in [0.15, 0.2) is 0 Å². The van der Waals surface area contributed by atoms with Gasteiger partial charge in [0, 0.05) is 29.2 Å². The van der Waals surface area contributed by atoms with E-state index in [4.69, 9.17) is 10.5 Å². The Morgan fingerprint density at radius 2 is 2.31 bits per heavy atom. The van der Waals surface area contributed by atoms with Crippen LogP contribution in [0.25, 0.3) is 0 Å². The lowest BCUT2D eigenvalue weighted by atomic mass is 10.1. The molecular weight excluding hydrogens is 186 g/mol. The molecule has 0 saturated carbocycles. The molecule has 0 aromatic rings. The summed E-state index contributed by atoms with van der Waals surface area (Å²) in [6, 6.07) is 0.0633. The second kappa shape index (κ2) is 5.08. The fourth-order valence-corrected chi connectivity index (χ4v) is 3.13. The van der Waals surface area contributed by atoms with Gasteiger partial charge in [-0.25, -0.2) is 0 Å². The van der Waals surface area contributed by atoms with Crippen molar-refractivity contribution in [1.82, 2.24) is 0 Å². The zero-order valence-electron chi connectivity index (χ0n) is 8.36. The van der Waals surface area contributed by atoms with E-state index in [2.05, 4.69) is 13.8 Å². The first-order valence-electron chi connectivity index (χ1n) is 4.81. The molecule has 3 nitrogen and oxygen atoms in total. The molecule has 0 aromatic heterocycles. The van der Waals surface area contributed by atoms with Crippen LogP contribution in [0.1, 0.15) is 20.3 Å². The summed E-state index contributed by atoms with van der Waals surface area (Å²) in [6.45, 7) is 5.44. The summed E-state index contributed by atoms with van der Waals surface area (Å²) in [5.41, 5.74) is 5.88. The first kappa shape index (κ1) is 11.1. The minimum atomic E-state index is -0.817. The molecule has 4 heteroatoms. The average molecular weight is 205 g/mol. The molecule has 0 aliphatic carbocycles. The van der Waals surface area contributed by atoms with Crippen LogP contribution in [0, 0.1) is 5.92 Å². The van der Waals surface area contributed by atoms with E-state index in [9.17, 15) is 4.21 Å². The quantitative estimate of drug-likeness (QED) is 0.730. The van der Waals surface area contributed by atoms with Gasteiger partial charge >= 0.3 is 0 Å². The molecule has 1 aliphatic heterocycles. The van der Waals surface area contributed by atoms with Crippen molar-refractivity contribution in [3.05, 3.63) is 0 Å². The fraction of sp³-hybridized carbons (Fsp3) is 1.00. The van der Waals surface area contributed by atoms with Crippen LogP contribution in [-0.4, -0.2) is 34.5 Å². The molecule has 3 unspecified atom stereocenters. The third kappa shape index (κ3) is 3.37. The van der Waals surface area contributed by atoms with E-state index in [1.807, 2.05) is 0 Å². The van der Waals surface area contributed by atoms with Crippen molar-refractivity contribution in [1.29, 1.82) is 0 Å². The summed E-state index contributed by atoms with van der Waals surface area (Å²) in [4.78, 5) is 0. The Kier molecular flexibility index (Phi) is 4.35. The summed E-state index contributed by atoms with van der Waals surface area (Å²) in [7, 11) is -0.817. The Balaban J connectivity index is 2.44. The van der Waals surface area contributed by atoms with Crippen molar-refractivity contribution in [3.8, 4) is 0 Å². The summed E-state index contributed by atoms with van der Waals surface area (Å²) in [5.74, 6) is 1.21. The number of nitrogens with two attached hydrogens (primary N) is 1. The monoisotopic (exact) mass is 205 g/mol. The highest BCUT2D eigenvalue weighted by Crippen LogP contribution is 2.13. The van der Waals surface area contributed by atoms with Crippen LogP contribution < -0.4 is 5.73 Å². The van der Waals surface area contributed by atoms with Crippen molar-refractivity contribution < 1.29 is 8.95 Å². The fourth-order valence-electron chi connectivity index (χ4n) is 1.45.